The summed E-state index contributed by atoms with van der Waals surface area (Å²) in [4.78, 5) is 24.8. The Morgan fingerprint density at radius 2 is 1.96 bits per heavy atom. The van der Waals surface area contributed by atoms with Crippen LogP contribution < -0.4 is 10.6 Å². The molecule has 0 bridgehead atoms. The van der Waals surface area contributed by atoms with E-state index in [1.165, 1.54) is 0 Å². The van der Waals surface area contributed by atoms with Gasteiger partial charge in [-0.15, -0.1) is 6.58 Å². The van der Waals surface area contributed by atoms with Crippen molar-refractivity contribution < 1.29 is 14.7 Å². The van der Waals surface area contributed by atoms with Crippen molar-refractivity contribution in [1.82, 2.24) is 10.6 Å². The van der Waals surface area contributed by atoms with Crippen LogP contribution in [0, 0.1) is 11.8 Å². The van der Waals surface area contributed by atoms with Crippen LogP contribution in [-0.4, -0.2) is 36.1 Å². The first kappa shape index (κ1) is 19.9. The largest absolute Gasteiger partial charge is 0.396 e. The fraction of sp³-hybridized carbons (Fsp3) is 0.474. The van der Waals surface area contributed by atoms with E-state index in [0.717, 1.165) is 6.42 Å². The number of hydrogen-bond donors (Lipinski definition) is 3. The maximum absolute atomic E-state index is 12.5. The Morgan fingerprint density at radius 3 is 2.50 bits per heavy atom. The molecule has 1 rings (SSSR count). The summed E-state index contributed by atoms with van der Waals surface area (Å²) in [6, 6.07) is 8.23. The van der Waals surface area contributed by atoms with Crippen molar-refractivity contribution in [3.63, 3.8) is 0 Å². The number of aliphatic hydroxyl groups is 1. The first-order chi connectivity index (χ1) is 11.5. The zero-order valence-corrected chi connectivity index (χ0v) is 14.5. The highest BCUT2D eigenvalue weighted by atomic mass is 16.3. The Kier molecular flexibility index (Phi) is 8.79. The Hall–Kier alpha value is -2.14. The standard InChI is InChI=1S/C19H28N2O3/c1-4-9-15(13-22)12-20-19(24)17(14(3)5-2)21-18(23)16-10-7-6-8-11-16/h4,6-8,10-11,14-15,17,22H,1,5,9,12-13H2,2-3H3,(H,20,24)(H,21,23). The zero-order chi connectivity index (χ0) is 17.9. The molecule has 0 fully saturated rings. The molecule has 0 aliphatic rings. The van der Waals surface area contributed by atoms with Crippen LogP contribution >= 0.6 is 0 Å². The number of benzene rings is 1. The molecule has 2 amide bonds. The van der Waals surface area contributed by atoms with Crippen LogP contribution in [0.25, 0.3) is 0 Å². The summed E-state index contributed by atoms with van der Waals surface area (Å²) in [6.45, 7) is 7.90. The molecular weight excluding hydrogens is 304 g/mol. The number of carbonyl (C=O) groups is 2. The molecule has 0 saturated heterocycles. The van der Waals surface area contributed by atoms with E-state index in [-0.39, 0.29) is 30.3 Å². The van der Waals surface area contributed by atoms with Gasteiger partial charge in [0.15, 0.2) is 0 Å². The van der Waals surface area contributed by atoms with Crippen LogP contribution in [0.5, 0.6) is 0 Å². The van der Waals surface area contributed by atoms with Gasteiger partial charge in [0.25, 0.3) is 5.91 Å². The van der Waals surface area contributed by atoms with Crippen LogP contribution in [0.4, 0.5) is 0 Å². The van der Waals surface area contributed by atoms with Crippen molar-refractivity contribution in [1.29, 1.82) is 0 Å². The second-order valence-corrected chi connectivity index (χ2v) is 6.02. The van der Waals surface area contributed by atoms with E-state index >= 15 is 0 Å². The predicted octanol–water partition coefficient (Wildman–Crippen LogP) is 2.13. The second kappa shape index (κ2) is 10.6. The number of rotatable bonds is 10. The molecule has 0 aliphatic carbocycles. The third kappa shape index (κ3) is 6.16. The van der Waals surface area contributed by atoms with Gasteiger partial charge in [0.1, 0.15) is 6.04 Å². The molecule has 0 spiro atoms. The molecule has 5 heteroatoms. The van der Waals surface area contributed by atoms with Crippen molar-refractivity contribution in [2.75, 3.05) is 13.2 Å². The fourth-order valence-corrected chi connectivity index (χ4v) is 2.33. The lowest BCUT2D eigenvalue weighted by atomic mass is 9.97. The van der Waals surface area contributed by atoms with Gasteiger partial charge in [0.2, 0.25) is 5.91 Å². The summed E-state index contributed by atoms with van der Waals surface area (Å²) < 4.78 is 0. The van der Waals surface area contributed by atoms with Gasteiger partial charge in [0.05, 0.1) is 0 Å². The lowest BCUT2D eigenvalue weighted by molar-refractivity contribution is -0.124. The molecule has 0 radical (unpaired) electrons. The van der Waals surface area contributed by atoms with Crippen molar-refractivity contribution in [2.45, 2.75) is 32.7 Å². The third-order valence-electron chi connectivity index (χ3n) is 4.14. The Morgan fingerprint density at radius 1 is 1.29 bits per heavy atom. The highest BCUT2D eigenvalue weighted by molar-refractivity contribution is 5.97. The highest BCUT2D eigenvalue weighted by Crippen LogP contribution is 2.10. The third-order valence-corrected chi connectivity index (χ3v) is 4.14. The molecule has 24 heavy (non-hydrogen) atoms. The maximum atomic E-state index is 12.5. The minimum Gasteiger partial charge on any atom is -0.396 e. The molecule has 5 nitrogen and oxygen atoms in total. The van der Waals surface area contributed by atoms with Crippen molar-refractivity contribution in [3.8, 4) is 0 Å². The van der Waals surface area contributed by atoms with Gasteiger partial charge >= 0.3 is 0 Å². The summed E-state index contributed by atoms with van der Waals surface area (Å²) in [5, 5.41) is 14.9. The van der Waals surface area contributed by atoms with E-state index in [1.54, 1.807) is 30.3 Å². The number of amides is 2. The second-order valence-electron chi connectivity index (χ2n) is 6.02. The maximum Gasteiger partial charge on any atom is 0.251 e. The SMILES string of the molecule is C=CCC(CO)CNC(=O)C(NC(=O)c1ccccc1)C(C)CC. The lowest BCUT2D eigenvalue weighted by Crippen LogP contribution is -2.51. The summed E-state index contributed by atoms with van der Waals surface area (Å²) in [5.41, 5.74) is 0.526. The number of allylic oxidation sites excluding steroid dienone is 1. The Bertz CT molecular complexity index is 531. The van der Waals surface area contributed by atoms with E-state index in [4.69, 9.17) is 0 Å². The Balaban J connectivity index is 2.72. The van der Waals surface area contributed by atoms with E-state index in [9.17, 15) is 14.7 Å². The highest BCUT2D eigenvalue weighted by Gasteiger charge is 2.26. The molecular formula is C19H28N2O3. The number of aliphatic hydroxyl groups excluding tert-OH is 1. The molecule has 3 N–H and O–H groups in total. The van der Waals surface area contributed by atoms with Crippen LogP contribution in [-0.2, 0) is 4.79 Å². The van der Waals surface area contributed by atoms with E-state index in [1.807, 2.05) is 19.9 Å². The minimum absolute atomic E-state index is 0.00430. The smallest absolute Gasteiger partial charge is 0.251 e. The topological polar surface area (TPSA) is 78.4 Å². The lowest BCUT2D eigenvalue weighted by Gasteiger charge is -2.24. The molecule has 3 atom stereocenters. The van der Waals surface area contributed by atoms with Crippen molar-refractivity contribution in [2.24, 2.45) is 11.8 Å². The van der Waals surface area contributed by atoms with Gasteiger partial charge < -0.3 is 15.7 Å². The van der Waals surface area contributed by atoms with Gasteiger partial charge in [0, 0.05) is 24.6 Å². The van der Waals surface area contributed by atoms with E-state index < -0.39 is 6.04 Å². The first-order valence-corrected chi connectivity index (χ1v) is 8.38. The summed E-state index contributed by atoms with van der Waals surface area (Å²) >= 11 is 0. The Labute approximate surface area is 144 Å². The van der Waals surface area contributed by atoms with Gasteiger partial charge in [-0.2, -0.15) is 0 Å². The van der Waals surface area contributed by atoms with Gasteiger partial charge in [-0.1, -0.05) is 44.5 Å². The van der Waals surface area contributed by atoms with Crippen molar-refractivity contribution >= 4 is 11.8 Å². The molecule has 1 aromatic carbocycles. The predicted molar refractivity (Wildman–Crippen MR) is 95.6 cm³/mol. The monoisotopic (exact) mass is 332 g/mol. The van der Waals surface area contributed by atoms with Crippen molar-refractivity contribution in [3.05, 3.63) is 48.6 Å². The average Bonchev–Trinajstić information content (AvgIpc) is 2.62. The molecule has 132 valence electrons. The van der Waals surface area contributed by atoms with Crippen LogP contribution in [0.1, 0.15) is 37.0 Å². The van der Waals surface area contributed by atoms with Crippen LogP contribution in [0.3, 0.4) is 0 Å². The average molecular weight is 332 g/mol. The number of carbonyl (C=O) groups excluding carboxylic acids is 2. The number of nitrogens with one attached hydrogen (secondary N) is 2. The van der Waals surface area contributed by atoms with Gasteiger partial charge in [-0.25, -0.2) is 0 Å². The number of hydrogen-bond acceptors (Lipinski definition) is 3. The normalized spacial score (nSPS) is 14.3. The van der Waals surface area contributed by atoms with Gasteiger partial charge in [-0.3, -0.25) is 9.59 Å². The molecule has 0 saturated carbocycles. The summed E-state index contributed by atoms with van der Waals surface area (Å²) in [5.74, 6) is -0.546. The molecule has 1 aromatic rings. The minimum atomic E-state index is -0.606. The molecule has 3 unspecified atom stereocenters. The van der Waals surface area contributed by atoms with E-state index in [2.05, 4.69) is 17.2 Å². The van der Waals surface area contributed by atoms with Crippen LogP contribution in [0.2, 0.25) is 0 Å². The summed E-state index contributed by atoms with van der Waals surface area (Å²) in [7, 11) is 0. The molecule has 0 heterocycles. The summed E-state index contributed by atoms with van der Waals surface area (Å²) in [6.07, 6.45) is 3.11. The van der Waals surface area contributed by atoms with Crippen LogP contribution in [0.15, 0.2) is 43.0 Å². The zero-order valence-electron chi connectivity index (χ0n) is 14.5. The fourth-order valence-electron chi connectivity index (χ4n) is 2.33. The van der Waals surface area contributed by atoms with E-state index in [0.29, 0.717) is 18.5 Å². The molecule has 0 aliphatic heterocycles. The van der Waals surface area contributed by atoms with Gasteiger partial charge in [-0.05, 0) is 24.5 Å². The molecule has 0 aromatic heterocycles. The first-order valence-electron chi connectivity index (χ1n) is 8.38. The quantitative estimate of drug-likeness (QED) is 0.574.